The average molecular weight is 219 g/mol. The van der Waals surface area contributed by atoms with E-state index in [1.165, 1.54) is 0 Å². The van der Waals surface area contributed by atoms with Crippen LogP contribution in [0, 0.1) is 0 Å². The average Bonchev–Trinajstić information content (AvgIpc) is 2.78. The number of hydrogen-bond donors (Lipinski definition) is 1. The molecule has 0 fully saturated rings. The number of benzene rings is 1. The Labute approximate surface area is 93.4 Å². The van der Waals surface area contributed by atoms with Gasteiger partial charge in [-0.2, -0.15) is 5.10 Å². The maximum Gasteiger partial charge on any atom is 0.159 e. The number of hydrogen-bond acceptors (Lipinski definition) is 4. The lowest BCUT2D eigenvalue weighted by molar-refractivity contribution is 0.329. The molecule has 0 spiro atoms. The van der Waals surface area contributed by atoms with Crippen molar-refractivity contribution < 1.29 is 9.47 Å². The van der Waals surface area contributed by atoms with Crippen LogP contribution in [0.1, 0.15) is 0 Å². The predicted octanol–water partition coefficient (Wildman–Crippen LogP) is 1.18. The highest BCUT2D eigenvalue weighted by Crippen LogP contribution is 2.22. The third-order valence-corrected chi connectivity index (χ3v) is 2.14. The van der Waals surface area contributed by atoms with E-state index in [1.54, 1.807) is 24.2 Å². The van der Waals surface area contributed by atoms with E-state index >= 15 is 0 Å². The van der Waals surface area contributed by atoms with Crippen LogP contribution in [0.5, 0.6) is 11.5 Å². The maximum atomic E-state index is 5.28. The van der Waals surface area contributed by atoms with Gasteiger partial charge in [0.2, 0.25) is 0 Å². The van der Waals surface area contributed by atoms with Crippen LogP contribution in [0.4, 0.5) is 0 Å². The van der Waals surface area contributed by atoms with Gasteiger partial charge >= 0.3 is 0 Å². The fourth-order valence-electron chi connectivity index (χ4n) is 1.43. The summed E-state index contributed by atoms with van der Waals surface area (Å²) in [4.78, 5) is 0. The molecule has 1 aromatic carbocycles. The number of rotatable bonds is 4. The van der Waals surface area contributed by atoms with Crippen LogP contribution in [0.2, 0.25) is 0 Å². The van der Waals surface area contributed by atoms with Gasteiger partial charge < -0.3 is 9.47 Å². The molecule has 5 heteroatoms. The Kier molecular flexibility index (Phi) is 3.07. The summed E-state index contributed by atoms with van der Waals surface area (Å²) in [5.41, 5.74) is 6.14. The minimum Gasteiger partial charge on any atom is -0.494 e. The van der Waals surface area contributed by atoms with Crippen LogP contribution in [0.25, 0.3) is 5.69 Å². The van der Waals surface area contributed by atoms with Crippen LogP contribution in [0.3, 0.4) is 0 Å². The van der Waals surface area contributed by atoms with Gasteiger partial charge in [0.1, 0.15) is 18.2 Å². The highest BCUT2D eigenvalue weighted by molar-refractivity contribution is 5.46. The van der Waals surface area contributed by atoms with E-state index < -0.39 is 0 Å². The standard InChI is InChI=1S/C11H13N3O2/c1-15-11-5-3-2-4-10(11)14-7-9(6-13-14)16-8-12/h2-7H,8,12H2,1H3. The minimum absolute atomic E-state index is 0.137. The lowest BCUT2D eigenvalue weighted by Crippen LogP contribution is -2.06. The zero-order valence-corrected chi connectivity index (χ0v) is 8.96. The number of methoxy groups -OCH3 is 1. The minimum atomic E-state index is 0.137. The Morgan fingerprint density at radius 3 is 2.94 bits per heavy atom. The van der Waals surface area contributed by atoms with Gasteiger partial charge in [-0.15, -0.1) is 0 Å². The maximum absolute atomic E-state index is 5.28. The van der Waals surface area contributed by atoms with E-state index in [2.05, 4.69) is 5.10 Å². The highest BCUT2D eigenvalue weighted by atomic mass is 16.5. The van der Waals surface area contributed by atoms with Crippen molar-refractivity contribution in [3.05, 3.63) is 36.7 Å². The third-order valence-electron chi connectivity index (χ3n) is 2.14. The topological polar surface area (TPSA) is 62.3 Å². The molecular formula is C11H13N3O2. The van der Waals surface area contributed by atoms with Crippen molar-refractivity contribution in [2.24, 2.45) is 5.73 Å². The van der Waals surface area contributed by atoms with E-state index in [0.717, 1.165) is 11.4 Å². The van der Waals surface area contributed by atoms with E-state index in [1.807, 2.05) is 24.3 Å². The predicted molar refractivity (Wildman–Crippen MR) is 59.8 cm³/mol. The second-order valence-electron chi connectivity index (χ2n) is 3.10. The molecule has 0 bridgehead atoms. The van der Waals surface area contributed by atoms with Crippen molar-refractivity contribution in [2.45, 2.75) is 0 Å². The first-order valence-electron chi connectivity index (χ1n) is 4.86. The smallest absolute Gasteiger partial charge is 0.159 e. The summed E-state index contributed by atoms with van der Waals surface area (Å²) < 4.78 is 12.1. The zero-order chi connectivity index (χ0) is 11.4. The lowest BCUT2D eigenvalue weighted by Gasteiger charge is -2.07. The normalized spacial score (nSPS) is 10.1. The van der Waals surface area contributed by atoms with E-state index in [9.17, 15) is 0 Å². The van der Waals surface area contributed by atoms with Crippen molar-refractivity contribution in [2.75, 3.05) is 13.8 Å². The van der Waals surface area contributed by atoms with Crippen LogP contribution in [-0.4, -0.2) is 23.6 Å². The Morgan fingerprint density at radius 2 is 2.19 bits per heavy atom. The molecule has 0 amide bonds. The van der Waals surface area contributed by atoms with Crippen molar-refractivity contribution in [3.8, 4) is 17.2 Å². The number of ether oxygens (including phenoxy) is 2. The summed E-state index contributed by atoms with van der Waals surface area (Å²) in [5, 5.41) is 4.17. The van der Waals surface area contributed by atoms with Gasteiger partial charge in [0, 0.05) is 0 Å². The summed E-state index contributed by atoms with van der Waals surface area (Å²) in [7, 11) is 1.62. The molecular weight excluding hydrogens is 206 g/mol. The fourth-order valence-corrected chi connectivity index (χ4v) is 1.43. The number of aromatic nitrogens is 2. The van der Waals surface area contributed by atoms with E-state index in [0.29, 0.717) is 5.75 Å². The Balaban J connectivity index is 2.34. The Bertz CT molecular complexity index is 468. The SMILES string of the molecule is COc1ccccc1-n1cc(OCN)cn1. The number of para-hydroxylation sites is 2. The van der Waals surface area contributed by atoms with Crippen LogP contribution in [-0.2, 0) is 0 Å². The fraction of sp³-hybridized carbons (Fsp3) is 0.182. The van der Waals surface area contributed by atoms with Crippen LogP contribution < -0.4 is 15.2 Å². The van der Waals surface area contributed by atoms with Crippen LogP contribution in [0.15, 0.2) is 36.7 Å². The van der Waals surface area contributed by atoms with Gasteiger partial charge in [0.25, 0.3) is 0 Å². The number of nitrogens with zero attached hydrogens (tertiary/aromatic N) is 2. The third kappa shape index (κ3) is 1.99. The summed E-state index contributed by atoms with van der Waals surface area (Å²) in [6.45, 7) is 0.137. The molecule has 0 saturated heterocycles. The van der Waals surface area contributed by atoms with E-state index in [-0.39, 0.29) is 6.73 Å². The van der Waals surface area contributed by atoms with Crippen LogP contribution >= 0.6 is 0 Å². The monoisotopic (exact) mass is 219 g/mol. The van der Waals surface area contributed by atoms with Gasteiger partial charge in [-0.1, -0.05) is 12.1 Å². The van der Waals surface area contributed by atoms with Crippen molar-refractivity contribution in [1.29, 1.82) is 0 Å². The molecule has 84 valence electrons. The second-order valence-corrected chi connectivity index (χ2v) is 3.10. The molecule has 0 aliphatic heterocycles. The van der Waals surface area contributed by atoms with Crippen molar-refractivity contribution in [1.82, 2.24) is 9.78 Å². The quantitative estimate of drug-likeness (QED) is 0.784. The second kappa shape index (κ2) is 4.67. The largest absolute Gasteiger partial charge is 0.494 e. The molecule has 0 aliphatic rings. The molecule has 2 rings (SSSR count). The molecule has 0 radical (unpaired) electrons. The van der Waals surface area contributed by atoms with Gasteiger partial charge in [0.15, 0.2) is 5.75 Å². The Morgan fingerprint density at radius 1 is 1.38 bits per heavy atom. The highest BCUT2D eigenvalue weighted by Gasteiger charge is 2.06. The lowest BCUT2D eigenvalue weighted by atomic mass is 10.3. The molecule has 1 aromatic heterocycles. The van der Waals surface area contributed by atoms with Gasteiger partial charge in [0.05, 0.1) is 19.5 Å². The van der Waals surface area contributed by atoms with Gasteiger partial charge in [-0.25, -0.2) is 4.68 Å². The van der Waals surface area contributed by atoms with Crippen molar-refractivity contribution >= 4 is 0 Å². The number of nitrogens with two attached hydrogens (primary N) is 1. The first-order chi connectivity index (χ1) is 7.85. The summed E-state index contributed by atoms with van der Waals surface area (Å²) in [6.07, 6.45) is 3.37. The first-order valence-corrected chi connectivity index (χ1v) is 4.86. The summed E-state index contributed by atoms with van der Waals surface area (Å²) in [5.74, 6) is 1.39. The molecule has 0 atom stereocenters. The van der Waals surface area contributed by atoms with Gasteiger partial charge in [-0.05, 0) is 12.1 Å². The molecule has 2 N–H and O–H groups in total. The van der Waals surface area contributed by atoms with Crippen molar-refractivity contribution in [3.63, 3.8) is 0 Å². The molecule has 0 aliphatic carbocycles. The van der Waals surface area contributed by atoms with Gasteiger partial charge in [-0.3, -0.25) is 5.73 Å². The zero-order valence-electron chi connectivity index (χ0n) is 8.96. The molecule has 0 saturated carbocycles. The molecule has 0 unspecified atom stereocenters. The van der Waals surface area contributed by atoms with E-state index in [4.69, 9.17) is 15.2 Å². The summed E-state index contributed by atoms with van der Waals surface area (Å²) in [6, 6.07) is 7.62. The molecule has 5 nitrogen and oxygen atoms in total. The molecule has 16 heavy (non-hydrogen) atoms. The molecule has 1 heterocycles. The molecule has 2 aromatic rings. The summed E-state index contributed by atoms with van der Waals surface area (Å²) >= 11 is 0. The Hall–Kier alpha value is -2.01. The first kappa shape index (κ1) is 10.5.